The lowest BCUT2D eigenvalue weighted by atomic mass is 10.0. The predicted molar refractivity (Wildman–Crippen MR) is 64.8 cm³/mol. The van der Waals surface area contributed by atoms with Gasteiger partial charge >= 0.3 is 11.9 Å². The van der Waals surface area contributed by atoms with E-state index in [1.54, 1.807) is 13.8 Å². The highest BCUT2D eigenvalue weighted by molar-refractivity contribution is 5.73. The minimum absolute atomic E-state index is 0.0268. The highest BCUT2D eigenvalue weighted by Crippen LogP contribution is 2.11. The van der Waals surface area contributed by atoms with E-state index < -0.39 is 30.0 Å². The summed E-state index contributed by atoms with van der Waals surface area (Å²) >= 11 is 0. The largest absolute Gasteiger partial charge is 0.480 e. The van der Waals surface area contributed by atoms with Gasteiger partial charge in [-0.2, -0.15) is 8.78 Å². The van der Waals surface area contributed by atoms with Gasteiger partial charge in [0.1, 0.15) is 6.04 Å². The van der Waals surface area contributed by atoms with Crippen molar-refractivity contribution in [3.63, 3.8) is 0 Å². The molecule has 0 aliphatic heterocycles. The van der Waals surface area contributed by atoms with Crippen LogP contribution in [-0.2, 0) is 14.3 Å². The molecular weight excluding hydrogens is 260 g/mol. The lowest BCUT2D eigenvalue weighted by Gasteiger charge is -2.16. The molecule has 0 rings (SSSR count). The van der Waals surface area contributed by atoms with Crippen molar-refractivity contribution in [1.29, 1.82) is 0 Å². The lowest BCUT2D eigenvalue weighted by molar-refractivity contribution is -0.143. The molecular formula is C12H19F2NO4. The summed E-state index contributed by atoms with van der Waals surface area (Å²) in [5.74, 6) is -2.44. The van der Waals surface area contributed by atoms with Gasteiger partial charge in [0.25, 0.3) is 6.08 Å². The molecule has 0 heterocycles. The topological polar surface area (TPSA) is 75.6 Å². The number of hydrogen-bond acceptors (Lipinski definition) is 4. The van der Waals surface area contributed by atoms with Crippen molar-refractivity contribution < 1.29 is 28.2 Å². The first-order valence-corrected chi connectivity index (χ1v) is 6.05. The van der Waals surface area contributed by atoms with Gasteiger partial charge < -0.3 is 15.2 Å². The Hall–Kier alpha value is -1.50. The van der Waals surface area contributed by atoms with Gasteiger partial charge in [-0.15, -0.1) is 0 Å². The summed E-state index contributed by atoms with van der Waals surface area (Å²) < 4.78 is 29.2. The van der Waals surface area contributed by atoms with Crippen LogP contribution < -0.4 is 5.32 Å². The van der Waals surface area contributed by atoms with Gasteiger partial charge in [-0.25, -0.2) is 0 Å². The minimum Gasteiger partial charge on any atom is -0.480 e. The zero-order valence-corrected chi connectivity index (χ0v) is 11.0. The fraction of sp³-hybridized carbons (Fsp3) is 0.667. The van der Waals surface area contributed by atoms with Crippen molar-refractivity contribution in [1.82, 2.24) is 5.32 Å². The van der Waals surface area contributed by atoms with Gasteiger partial charge in [-0.3, -0.25) is 9.59 Å². The number of nitrogens with one attached hydrogen (secondary N) is 1. The van der Waals surface area contributed by atoms with E-state index in [0.717, 1.165) is 0 Å². The van der Waals surface area contributed by atoms with Crippen molar-refractivity contribution in [2.24, 2.45) is 5.92 Å². The first-order chi connectivity index (χ1) is 8.90. The van der Waals surface area contributed by atoms with E-state index in [2.05, 4.69) is 10.1 Å². The molecule has 7 heteroatoms. The average molecular weight is 279 g/mol. The average Bonchev–Trinajstić information content (AvgIpc) is 2.28. The maximum absolute atomic E-state index is 12.3. The molecule has 0 aromatic rings. The number of hydrogen-bond donors (Lipinski definition) is 2. The summed E-state index contributed by atoms with van der Waals surface area (Å²) in [5.41, 5.74) is 0. The summed E-state index contributed by atoms with van der Waals surface area (Å²) in [6, 6.07) is -0.819. The third kappa shape index (κ3) is 8.25. The van der Waals surface area contributed by atoms with E-state index in [9.17, 15) is 18.4 Å². The van der Waals surface area contributed by atoms with Crippen LogP contribution in [0.2, 0.25) is 0 Å². The number of esters is 1. The molecule has 110 valence electrons. The summed E-state index contributed by atoms with van der Waals surface area (Å²) in [6.07, 6.45) is -1.16. The van der Waals surface area contributed by atoms with E-state index in [-0.39, 0.29) is 19.6 Å². The van der Waals surface area contributed by atoms with Crippen LogP contribution in [0.3, 0.4) is 0 Å². The van der Waals surface area contributed by atoms with Crippen LogP contribution in [0.1, 0.15) is 26.7 Å². The van der Waals surface area contributed by atoms with Crippen LogP contribution in [0, 0.1) is 5.92 Å². The van der Waals surface area contributed by atoms with Crippen molar-refractivity contribution in [3.8, 4) is 0 Å². The van der Waals surface area contributed by atoms with E-state index in [0.29, 0.717) is 12.5 Å². The molecule has 5 nitrogen and oxygen atoms in total. The van der Waals surface area contributed by atoms with Crippen LogP contribution in [0.4, 0.5) is 8.78 Å². The van der Waals surface area contributed by atoms with Crippen LogP contribution in [0.25, 0.3) is 0 Å². The molecule has 0 aliphatic carbocycles. The molecule has 2 N–H and O–H groups in total. The highest BCUT2D eigenvalue weighted by Gasteiger charge is 2.19. The second-order valence-electron chi connectivity index (χ2n) is 3.93. The predicted octanol–water partition coefficient (Wildman–Crippen LogP) is 1.79. The van der Waals surface area contributed by atoms with Gasteiger partial charge in [0.05, 0.1) is 13.0 Å². The molecule has 0 aliphatic rings. The highest BCUT2D eigenvalue weighted by atomic mass is 19.3. The van der Waals surface area contributed by atoms with Gasteiger partial charge in [-0.05, 0) is 19.4 Å². The third-order valence-electron chi connectivity index (χ3n) is 2.43. The first kappa shape index (κ1) is 17.5. The minimum atomic E-state index is -1.90. The molecule has 0 aromatic carbocycles. The summed E-state index contributed by atoms with van der Waals surface area (Å²) in [7, 11) is 0. The Balaban J connectivity index is 4.47. The van der Waals surface area contributed by atoms with E-state index >= 15 is 0 Å². The van der Waals surface area contributed by atoms with Crippen molar-refractivity contribution in [2.75, 3.05) is 13.2 Å². The third-order valence-corrected chi connectivity index (χ3v) is 2.43. The number of carbonyl (C=O) groups excluding carboxylic acids is 1. The van der Waals surface area contributed by atoms with E-state index in [4.69, 9.17) is 5.11 Å². The molecule has 0 fully saturated rings. The number of carboxylic acid groups (broad SMARTS) is 1. The molecule has 0 radical (unpaired) electrons. The molecule has 0 aromatic heterocycles. The van der Waals surface area contributed by atoms with Crippen LogP contribution in [0.5, 0.6) is 0 Å². The summed E-state index contributed by atoms with van der Waals surface area (Å²) in [6.45, 7) is 3.43. The molecule has 0 spiro atoms. The Morgan fingerprint density at radius 3 is 2.42 bits per heavy atom. The number of rotatable bonds is 9. The van der Waals surface area contributed by atoms with Gasteiger partial charge in [0, 0.05) is 12.5 Å². The standard InChI is InChI=1S/C12H19F2NO4/c1-3-9(12(17)18)15-7-8(5-10(13)14)6-11(16)19-4-2/h5,8-9,15H,3-4,6-7H2,1-2H3,(H,17,18)/t8?,9-/m0/s1. The zero-order valence-electron chi connectivity index (χ0n) is 11.0. The Bertz CT molecular complexity index is 330. The normalized spacial score (nSPS) is 13.5. The summed E-state index contributed by atoms with van der Waals surface area (Å²) in [5, 5.41) is 11.5. The maximum atomic E-state index is 12.3. The van der Waals surface area contributed by atoms with E-state index in [1.165, 1.54) is 0 Å². The smallest absolute Gasteiger partial charge is 0.320 e. The Kier molecular flexibility index (Phi) is 8.69. The molecule has 0 saturated heterocycles. The van der Waals surface area contributed by atoms with Crippen molar-refractivity contribution in [3.05, 3.63) is 12.2 Å². The fourth-order valence-electron chi connectivity index (χ4n) is 1.50. The number of ether oxygens (including phenoxy) is 1. The van der Waals surface area contributed by atoms with Crippen LogP contribution in [-0.4, -0.2) is 36.2 Å². The Labute approximate surface area is 110 Å². The maximum Gasteiger partial charge on any atom is 0.320 e. The molecule has 0 saturated carbocycles. The van der Waals surface area contributed by atoms with Crippen molar-refractivity contribution in [2.45, 2.75) is 32.7 Å². The second-order valence-corrected chi connectivity index (χ2v) is 3.93. The number of halogens is 2. The van der Waals surface area contributed by atoms with Crippen LogP contribution >= 0.6 is 0 Å². The zero-order chi connectivity index (χ0) is 14.8. The molecule has 2 atom stereocenters. The van der Waals surface area contributed by atoms with Crippen LogP contribution in [0.15, 0.2) is 12.2 Å². The molecule has 0 amide bonds. The fourth-order valence-corrected chi connectivity index (χ4v) is 1.50. The lowest BCUT2D eigenvalue weighted by Crippen LogP contribution is -2.39. The Morgan fingerprint density at radius 2 is 2.00 bits per heavy atom. The first-order valence-electron chi connectivity index (χ1n) is 6.05. The number of carboxylic acids is 1. The van der Waals surface area contributed by atoms with Gasteiger partial charge in [-0.1, -0.05) is 6.92 Å². The van der Waals surface area contributed by atoms with Gasteiger partial charge in [0.2, 0.25) is 0 Å². The van der Waals surface area contributed by atoms with Crippen molar-refractivity contribution >= 4 is 11.9 Å². The molecule has 1 unspecified atom stereocenters. The number of carbonyl (C=O) groups is 2. The molecule has 0 bridgehead atoms. The second kappa shape index (κ2) is 9.43. The quantitative estimate of drug-likeness (QED) is 0.629. The number of aliphatic carboxylic acids is 1. The SMILES string of the molecule is CCOC(=O)CC(C=C(F)F)CN[C@@H](CC)C(=O)O. The Morgan fingerprint density at radius 1 is 1.37 bits per heavy atom. The molecule has 19 heavy (non-hydrogen) atoms. The van der Waals surface area contributed by atoms with E-state index in [1.807, 2.05) is 0 Å². The summed E-state index contributed by atoms with van der Waals surface area (Å²) in [4.78, 5) is 22.0. The van der Waals surface area contributed by atoms with Gasteiger partial charge in [0.15, 0.2) is 0 Å². The monoisotopic (exact) mass is 279 g/mol.